The van der Waals surface area contributed by atoms with Crippen molar-refractivity contribution in [2.75, 3.05) is 32.0 Å². The highest BCUT2D eigenvalue weighted by Gasteiger charge is 2.22. The predicted molar refractivity (Wildman–Crippen MR) is 78.2 cm³/mol. The van der Waals surface area contributed by atoms with Gasteiger partial charge in [0.1, 0.15) is 0 Å². The van der Waals surface area contributed by atoms with Gasteiger partial charge in [-0.1, -0.05) is 12.1 Å². The van der Waals surface area contributed by atoms with Gasteiger partial charge in [-0.05, 0) is 44.1 Å². The maximum atomic E-state index is 10.8. The molecule has 1 aromatic rings. The number of carbonyl (C=O) groups excluding carboxylic acids is 1. The molecule has 1 aromatic carbocycles. The molecule has 0 bridgehead atoms. The zero-order valence-corrected chi connectivity index (χ0v) is 11.8. The van der Waals surface area contributed by atoms with Crippen molar-refractivity contribution in [1.82, 2.24) is 10.2 Å². The van der Waals surface area contributed by atoms with Crippen LogP contribution in [0.15, 0.2) is 24.3 Å². The molecule has 1 saturated heterocycles. The minimum atomic E-state index is 0.0168. The van der Waals surface area contributed by atoms with E-state index in [4.69, 9.17) is 0 Å². The van der Waals surface area contributed by atoms with E-state index in [9.17, 15) is 4.79 Å². The molecule has 0 aromatic heterocycles. The van der Waals surface area contributed by atoms with Gasteiger partial charge in [0.05, 0.1) is 0 Å². The number of nitrogens with zero attached hydrogens (tertiary/aromatic N) is 1. The van der Waals surface area contributed by atoms with Crippen molar-refractivity contribution in [1.29, 1.82) is 0 Å². The van der Waals surface area contributed by atoms with Crippen molar-refractivity contribution in [3.63, 3.8) is 0 Å². The Bertz CT molecular complexity index is 433. The van der Waals surface area contributed by atoms with Gasteiger partial charge in [-0.3, -0.25) is 9.69 Å². The van der Waals surface area contributed by atoms with E-state index in [1.165, 1.54) is 31.9 Å². The first kappa shape index (κ1) is 13.9. The molecule has 0 radical (unpaired) electrons. The standard InChI is InChI=1S/C15H23N3O/c1-12(19)16-8-9-17-14-6-3-5-13(11-14)15-7-4-10-18(15)2/h3,5-6,11,15,17H,4,7-10H2,1-2H3,(H,16,19). The number of likely N-dealkylation sites (tertiary alicyclic amines) is 1. The first-order valence-electron chi connectivity index (χ1n) is 6.95. The third-order valence-electron chi connectivity index (χ3n) is 3.62. The third kappa shape index (κ3) is 3.96. The molecule has 4 nitrogen and oxygen atoms in total. The number of anilines is 1. The maximum absolute atomic E-state index is 10.8. The molecule has 1 aliphatic rings. The van der Waals surface area contributed by atoms with E-state index in [0.717, 1.165) is 12.2 Å². The number of rotatable bonds is 5. The lowest BCUT2D eigenvalue weighted by Gasteiger charge is -2.20. The van der Waals surface area contributed by atoms with Crippen molar-refractivity contribution in [2.45, 2.75) is 25.8 Å². The Labute approximate surface area is 115 Å². The topological polar surface area (TPSA) is 44.4 Å². The number of nitrogens with one attached hydrogen (secondary N) is 2. The molecule has 0 spiro atoms. The Hall–Kier alpha value is -1.55. The molecule has 1 aliphatic heterocycles. The van der Waals surface area contributed by atoms with E-state index in [2.05, 4.69) is 46.8 Å². The summed E-state index contributed by atoms with van der Waals surface area (Å²) in [6, 6.07) is 9.15. The van der Waals surface area contributed by atoms with Crippen LogP contribution in [-0.4, -0.2) is 37.5 Å². The molecule has 2 N–H and O–H groups in total. The lowest BCUT2D eigenvalue weighted by molar-refractivity contribution is -0.118. The number of carbonyl (C=O) groups is 1. The molecule has 0 aliphatic carbocycles. The van der Waals surface area contributed by atoms with Gasteiger partial charge in [0, 0.05) is 31.7 Å². The molecule has 19 heavy (non-hydrogen) atoms. The second kappa shape index (κ2) is 6.57. The van der Waals surface area contributed by atoms with E-state index in [1.54, 1.807) is 0 Å². The molecule has 0 saturated carbocycles. The average molecular weight is 261 g/mol. The zero-order chi connectivity index (χ0) is 13.7. The molecular formula is C15H23N3O. The van der Waals surface area contributed by atoms with Crippen molar-refractivity contribution in [3.8, 4) is 0 Å². The largest absolute Gasteiger partial charge is 0.383 e. The predicted octanol–water partition coefficient (Wildman–Crippen LogP) is 2.00. The maximum Gasteiger partial charge on any atom is 0.216 e. The van der Waals surface area contributed by atoms with Crippen molar-refractivity contribution >= 4 is 11.6 Å². The van der Waals surface area contributed by atoms with Gasteiger partial charge < -0.3 is 10.6 Å². The molecule has 1 heterocycles. The Morgan fingerprint density at radius 3 is 2.95 bits per heavy atom. The molecular weight excluding hydrogens is 238 g/mol. The zero-order valence-electron chi connectivity index (χ0n) is 11.8. The van der Waals surface area contributed by atoms with Gasteiger partial charge in [-0.25, -0.2) is 0 Å². The highest BCUT2D eigenvalue weighted by Crippen LogP contribution is 2.31. The fourth-order valence-electron chi connectivity index (χ4n) is 2.63. The smallest absolute Gasteiger partial charge is 0.216 e. The van der Waals surface area contributed by atoms with Gasteiger partial charge in [-0.15, -0.1) is 0 Å². The first-order valence-corrected chi connectivity index (χ1v) is 6.95. The number of amides is 1. The van der Waals surface area contributed by atoms with Crippen LogP contribution in [0.4, 0.5) is 5.69 Å². The summed E-state index contributed by atoms with van der Waals surface area (Å²) in [5, 5.41) is 6.13. The fraction of sp³-hybridized carbons (Fsp3) is 0.533. The average Bonchev–Trinajstić information content (AvgIpc) is 2.81. The third-order valence-corrected chi connectivity index (χ3v) is 3.62. The highest BCUT2D eigenvalue weighted by molar-refractivity contribution is 5.72. The van der Waals surface area contributed by atoms with Crippen LogP contribution >= 0.6 is 0 Å². The second-order valence-electron chi connectivity index (χ2n) is 5.17. The molecule has 1 atom stereocenters. The van der Waals surface area contributed by atoms with E-state index in [1.807, 2.05) is 0 Å². The minimum Gasteiger partial charge on any atom is -0.383 e. The van der Waals surface area contributed by atoms with Crippen LogP contribution in [0.3, 0.4) is 0 Å². The SMILES string of the molecule is CC(=O)NCCNc1cccc(C2CCCN2C)c1. The number of benzene rings is 1. The molecule has 1 amide bonds. The van der Waals surface area contributed by atoms with Crippen LogP contribution in [0.1, 0.15) is 31.4 Å². The van der Waals surface area contributed by atoms with E-state index in [-0.39, 0.29) is 5.91 Å². The fourth-order valence-corrected chi connectivity index (χ4v) is 2.63. The molecule has 4 heteroatoms. The summed E-state index contributed by atoms with van der Waals surface area (Å²) in [5.41, 5.74) is 2.51. The van der Waals surface area contributed by atoms with E-state index >= 15 is 0 Å². The summed E-state index contributed by atoms with van der Waals surface area (Å²) in [6.45, 7) is 4.13. The normalized spacial score (nSPS) is 19.4. The van der Waals surface area contributed by atoms with Gasteiger partial charge >= 0.3 is 0 Å². The van der Waals surface area contributed by atoms with Gasteiger partial charge in [0.2, 0.25) is 5.91 Å². The summed E-state index contributed by atoms with van der Waals surface area (Å²) < 4.78 is 0. The van der Waals surface area contributed by atoms with Crippen LogP contribution < -0.4 is 10.6 Å². The van der Waals surface area contributed by atoms with Gasteiger partial charge in [0.25, 0.3) is 0 Å². The van der Waals surface area contributed by atoms with Crippen molar-refractivity contribution in [3.05, 3.63) is 29.8 Å². The van der Waals surface area contributed by atoms with Gasteiger partial charge in [-0.2, -0.15) is 0 Å². The summed E-state index contributed by atoms with van der Waals surface area (Å²) in [4.78, 5) is 13.2. The van der Waals surface area contributed by atoms with E-state index < -0.39 is 0 Å². The Morgan fingerprint density at radius 1 is 1.42 bits per heavy atom. The molecule has 1 fully saturated rings. The minimum absolute atomic E-state index is 0.0168. The second-order valence-corrected chi connectivity index (χ2v) is 5.17. The molecule has 104 valence electrons. The molecule has 2 rings (SSSR count). The quantitative estimate of drug-likeness (QED) is 0.797. The van der Waals surface area contributed by atoms with E-state index in [0.29, 0.717) is 12.6 Å². The van der Waals surface area contributed by atoms with Crippen LogP contribution in [0, 0.1) is 0 Å². The molecule has 1 unspecified atom stereocenters. The monoisotopic (exact) mass is 261 g/mol. The lowest BCUT2D eigenvalue weighted by Crippen LogP contribution is -2.26. The summed E-state index contributed by atoms with van der Waals surface area (Å²) >= 11 is 0. The van der Waals surface area contributed by atoms with Crippen LogP contribution in [0.2, 0.25) is 0 Å². The summed E-state index contributed by atoms with van der Waals surface area (Å²) in [7, 11) is 2.19. The van der Waals surface area contributed by atoms with Crippen LogP contribution in [-0.2, 0) is 4.79 Å². The Morgan fingerprint density at radius 2 is 2.26 bits per heavy atom. The highest BCUT2D eigenvalue weighted by atomic mass is 16.1. The summed E-state index contributed by atoms with van der Waals surface area (Å²) in [6.07, 6.45) is 2.52. The number of hydrogen-bond acceptors (Lipinski definition) is 3. The van der Waals surface area contributed by atoms with Crippen molar-refractivity contribution < 1.29 is 4.79 Å². The Balaban J connectivity index is 1.90. The van der Waals surface area contributed by atoms with Gasteiger partial charge in [0.15, 0.2) is 0 Å². The Kier molecular flexibility index (Phi) is 4.80. The number of hydrogen-bond donors (Lipinski definition) is 2. The lowest BCUT2D eigenvalue weighted by atomic mass is 10.0. The van der Waals surface area contributed by atoms with Crippen LogP contribution in [0.25, 0.3) is 0 Å². The first-order chi connectivity index (χ1) is 9.16. The van der Waals surface area contributed by atoms with Crippen molar-refractivity contribution in [2.24, 2.45) is 0 Å². The van der Waals surface area contributed by atoms with Crippen LogP contribution in [0.5, 0.6) is 0 Å². The summed E-state index contributed by atoms with van der Waals surface area (Å²) in [5.74, 6) is 0.0168.